The molecule has 174 valence electrons. The molecule has 0 fully saturated rings. The van der Waals surface area contributed by atoms with Crippen LogP contribution in [0.3, 0.4) is 0 Å². The van der Waals surface area contributed by atoms with Crippen molar-refractivity contribution in [1.29, 1.82) is 0 Å². The molecule has 1 amide bonds. The Labute approximate surface area is 194 Å². The van der Waals surface area contributed by atoms with Crippen molar-refractivity contribution in [3.05, 3.63) is 71.7 Å². The molecule has 6 nitrogen and oxygen atoms in total. The maximum absolute atomic E-state index is 12.9. The van der Waals surface area contributed by atoms with E-state index >= 15 is 0 Å². The molecule has 0 saturated carbocycles. The lowest BCUT2D eigenvalue weighted by molar-refractivity contribution is -0.141. The van der Waals surface area contributed by atoms with Crippen LogP contribution in [0, 0.1) is 0 Å². The van der Waals surface area contributed by atoms with Crippen LogP contribution in [0.2, 0.25) is 0 Å². The minimum atomic E-state index is -4.52. The second-order valence-electron chi connectivity index (χ2n) is 8.09. The summed E-state index contributed by atoms with van der Waals surface area (Å²) in [6.07, 6.45) is -4.00. The Bertz CT molecular complexity index is 1090. The van der Waals surface area contributed by atoms with Crippen LogP contribution in [0.25, 0.3) is 11.3 Å². The molecule has 0 aliphatic heterocycles. The van der Waals surface area contributed by atoms with Crippen LogP contribution in [0.4, 0.5) is 18.0 Å². The number of halogens is 3. The van der Waals surface area contributed by atoms with Crippen molar-refractivity contribution in [3.8, 4) is 11.3 Å². The van der Waals surface area contributed by atoms with Gasteiger partial charge < -0.3 is 10.1 Å². The molecule has 10 heteroatoms. The highest BCUT2D eigenvalue weighted by Crippen LogP contribution is 2.29. The summed E-state index contributed by atoms with van der Waals surface area (Å²) in [7, 11) is 0. The maximum Gasteiger partial charge on any atom is 0.433 e. The molecule has 33 heavy (non-hydrogen) atoms. The summed E-state index contributed by atoms with van der Waals surface area (Å²) in [4.78, 5) is 24.5. The third-order valence-electron chi connectivity index (χ3n) is 4.13. The molecule has 2 aromatic heterocycles. The van der Waals surface area contributed by atoms with Crippen molar-refractivity contribution in [2.75, 3.05) is 0 Å². The Hall–Kier alpha value is -3.14. The SMILES string of the molecule is CC(C)(C)OC(=O)NCc1cc(-c2ccc(C(F)(F)F)nc2)nc(SCc2ccccc2)n1. The summed E-state index contributed by atoms with van der Waals surface area (Å²) in [6, 6.07) is 13.6. The standard InChI is InChI=1S/C23H23F3N4O2S/c1-22(2,3)32-21(31)28-13-17-11-18(16-9-10-19(27-12-16)23(24,25)26)30-20(29-17)33-14-15-7-5-4-6-8-15/h4-12H,13-14H2,1-3H3,(H,28,31). The van der Waals surface area contributed by atoms with Gasteiger partial charge in [0.05, 0.1) is 17.9 Å². The predicted octanol–water partition coefficient (Wildman–Crippen LogP) is 5.87. The molecule has 3 aromatic rings. The van der Waals surface area contributed by atoms with Gasteiger partial charge in [0.25, 0.3) is 0 Å². The van der Waals surface area contributed by atoms with Gasteiger partial charge in [-0.1, -0.05) is 42.1 Å². The molecule has 0 atom stereocenters. The first-order valence-corrected chi connectivity index (χ1v) is 11.0. The lowest BCUT2D eigenvalue weighted by atomic mass is 10.1. The molecule has 3 rings (SSSR count). The number of aromatic nitrogens is 3. The molecule has 1 aromatic carbocycles. The van der Waals surface area contributed by atoms with Crippen molar-refractivity contribution in [1.82, 2.24) is 20.3 Å². The van der Waals surface area contributed by atoms with E-state index in [9.17, 15) is 18.0 Å². The molecular formula is C23H23F3N4O2S. The number of nitrogens with zero attached hydrogens (tertiary/aromatic N) is 3. The fourth-order valence-corrected chi connectivity index (χ4v) is 3.52. The molecule has 0 saturated heterocycles. The third-order valence-corrected chi connectivity index (χ3v) is 5.05. The van der Waals surface area contributed by atoms with Gasteiger partial charge in [-0.2, -0.15) is 13.2 Å². The van der Waals surface area contributed by atoms with Crippen LogP contribution in [0.15, 0.2) is 59.9 Å². The number of carbonyl (C=O) groups excluding carboxylic acids is 1. The van der Waals surface area contributed by atoms with Crippen molar-refractivity contribution >= 4 is 17.9 Å². The zero-order chi connectivity index (χ0) is 24.1. The number of amides is 1. The van der Waals surface area contributed by atoms with Gasteiger partial charge in [-0.25, -0.2) is 14.8 Å². The van der Waals surface area contributed by atoms with E-state index in [2.05, 4.69) is 20.3 Å². The number of carbonyl (C=O) groups is 1. The van der Waals surface area contributed by atoms with Crippen molar-refractivity contribution in [2.24, 2.45) is 0 Å². The Balaban J connectivity index is 1.84. The third kappa shape index (κ3) is 7.74. The van der Waals surface area contributed by atoms with Gasteiger partial charge in [0.1, 0.15) is 11.3 Å². The fourth-order valence-electron chi connectivity index (χ4n) is 2.69. The molecule has 0 radical (unpaired) electrons. The number of hydrogen-bond acceptors (Lipinski definition) is 6. The number of alkyl halides is 3. The van der Waals surface area contributed by atoms with Gasteiger partial charge in [-0.3, -0.25) is 4.98 Å². The number of ether oxygens (including phenoxy) is 1. The summed E-state index contributed by atoms with van der Waals surface area (Å²) >= 11 is 1.38. The van der Waals surface area contributed by atoms with E-state index in [0.717, 1.165) is 17.8 Å². The van der Waals surface area contributed by atoms with Crippen LogP contribution >= 0.6 is 11.8 Å². The van der Waals surface area contributed by atoms with Gasteiger partial charge in [-0.05, 0) is 44.5 Å². The maximum atomic E-state index is 12.9. The first-order chi connectivity index (χ1) is 15.5. The molecule has 0 unspecified atom stereocenters. The van der Waals surface area contributed by atoms with E-state index in [1.165, 1.54) is 17.8 Å². The summed E-state index contributed by atoms with van der Waals surface area (Å²) in [5, 5.41) is 3.07. The summed E-state index contributed by atoms with van der Waals surface area (Å²) < 4.78 is 43.8. The number of benzene rings is 1. The van der Waals surface area contributed by atoms with Crippen LogP contribution in [-0.4, -0.2) is 26.6 Å². The summed E-state index contributed by atoms with van der Waals surface area (Å²) in [5.74, 6) is 0.606. The molecule has 0 spiro atoms. The van der Waals surface area contributed by atoms with E-state index in [1.807, 2.05) is 30.3 Å². The van der Waals surface area contributed by atoms with Crippen LogP contribution in [-0.2, 0) is 23.2 Å². The normalized spacial score (nSPS) is 11.8. The Morgan fingerprint density at radius 2 is 1.79 bits per heavy atom. The molecule has 2 heterocycles. The van der Waals surface area contributed by atoms with Crippen LogP contribution in [0.5, 0.6) is 0 Å². The fraction of sp³-hybridized carbons (Fsp3) is 0.304. The van der Waals surface area contributed by atoms with E-state index in [-0.39, 0.29) is 6.54 Å². The zero-order valence-electron chi connectivity index (χ0n) is 18.3. The summed E-state index contributed by atoms with van der Waals surface area (Å²) in [5.41, 5.74) is 0.741. The monoisotopic (exact) mass is 476 g/mol. The first-order valence-electron chi connectivity index (χ1n) is 10.0. The Morgan fingerprint density at radius 3 is 2.39 bits per heavy atom. The molecule has 1 N–H and O–H groups in total. The van der Waals surface area contributed by atoms with Crippen LogP contribution in [0.1, 0.15) is 37.7 Å². The number of pyridine rings is 1. The molecule has 0 aliphatic carbocycles. The zero-order valence-corrected chi connectivity index (χ0v) is 19.1. The average molecular weight is 477 g/mol. The van der Waals surface area contributed by atoms with Gasteiger partial charge in [0.15, 0.2) is 5.16 Å². The quantitative estimate of drug-likeness (QED) is 0.354. The average Bonchev–Trinajstić information content (AvgIpc) is 2.75. The van der Waals surface area contributed by atoms with Gasteiger partial charge in [-0.15, -0.1) is 0 Å². The number of rotatable bonds is 6. The highest BCUT2D eigenvalue weighted by Gasteiger charge is 2.32. The van der Waals surface area contributed by atoms with E-state index in [0.29, 0.717) is 27.9 Å². The molecular weight excluding hydrogens is 453 g/mol. The van der Waals surface area contributed by atoms with E-state index in [4.69, 9.17) is 4.74 Å². The molecule has 0 aliphatic rings. The van der Waals surface area contributed by atoms with Gasteiger partial charge in [0, 0.05) is 17.5 Å². The highest BCUT2D eigenvalue weighted by atomic mass is 32.2. The second-order valence-corrected chi connectivity index (χ2v) is 9.03. The molecule has 0 bridgehead atoms. The number of alkyl carbamates (subject to hydrolysis) is 1. The lowest BCUT2D eigenvalue weighted by Gasteiger charge is -2.19. The smallest absolute Gasteiger partial charge is 0.433 e. The lowest BCUT2D eigenvalue weighted by Crippen LogP contribution is -2.32. The topological polar surface area (TPSA) is 77.0 Å². The number of hydrogen-bond donors (Lipinski definition) is 1. The number of nitrogens with one attached hydrogen (secondary N) is 1. The Kier molecular flexibility index (Phi) is 7.57. The van der Waals surface area contributed by atoms with Gasteiger partial charge >= 0.3 is 12.3 Å². The van der Waals surface area contributed by atoms with Crippen LogP contribution < -0.4 is 5.32 Å². The highest BCUT2D eigenvalue weighted by molar-refractivity contribution is 7.98. The summed E-state index contributed by atoms with van der Waals surface area (Å²) in [6.45, 7) is 5.33. The minimum absolute atomic E-state index is 0.0669. The Morgan fingerprint density at radius 1 is 1.06 bits per heavy atom. The van der Waals surface area contributed by atoms with E-state index in [1.54, 1.807) is 26.8 Å². The van der Waals surface area contributed by atoms with Crippen molar-refractivity contribution in [3.63, 3.8) is 0 Å². The van der Waals surface area contributed by atoms with Crippen molar-refractivity contribution < 1.29 is 22.7 Å². The predicted molar refractivity (Wildman–Crippen MR) is 119 cm³/mol. The minimum Gasteiger partial charge on any atom is -0.444 e. The largest absolute Gasteiger partial charge is 0.444 e. The number of thioether (sulfide) groups is 1. The van der Waals surface area contributed by atoms with Crippen molar-refractivity contribution in [2.45, 2.75) is 50.0 Å². The van der Waals surface area contributed by atoms with Gasteiger partial charge in [0.2, 0.25) is 0 Å². The first kappa shape index (κ1) is 24.5. The van der Waals surface area contributed by atoms with E-state index < -0.39 is 23.6 Å². The second kappa shape index (κ2) is 10.2.